The lowest BCUT2D eigenvalue weighted by atomic mass is 9.91. The molecule has 1 saturated heterocycles. The number of nitrogens with one attached hydrogen (secondary N) is 1. The molecular formula is C21H27N5O4S. The molecule has 2 aromatic rings. The van der Waals surface area contributed by atoms with Crippen LogP contribution in [-0.2, 0) is 16.4 Å². The predicted molar refractivity (Wildman–Crippen MR) is 117 cm³/mol. The highest BCUT2D eigenvalue weighted by Crippen LogP contribution is 2.32. The molecule has 1 atom stereocenters. The Morgan fingerprint density at radius 1 is 1.23 bits per heavy atom. The first-order chi connectivity index (χ1) is 14.7. The third-order valence-corrected chi connectivity index (χ3v) is 7.18. The quantitative estimate of drug-likeness (QED) is 0.767. The number of nitrogens with zero attached hydrogens (tertiary/aromatic N) is 4. The minimum atomic E-state index is -3.32. The molecule has 2 aliphatic rings. The number of aromatic nitrogens is 2. The van der Waals surface area contributed by atoms with Gasteiger partial charge in [-0.05, 0) is 43.0 Å². The van der Waals surface area contributed by atoms with Gasteiger partial charge in [0, 0.05) is 45.2 Å². The molecule has 0 bridgehead atoms. The van der Waals surface area contributed by atoms with Crippen molar-refractivity contribution < 1.29 is 18.0 Å². The Morgan fingerprint density at radius 2 is 2.00 bits per heavy atom. The smallest absolute Gasteiger partial charge is 0.256 e. The van der Waals surface area contributed by atoms with E-state index in [2.05, 4.69) is 10.2 Å². The van der Waals surface area contributed by atoms with Crippen LogP contribution in [0.25, 0.3) is 0 Å². The van der Waals surface area contributed by atoms with Crippen LogP contribution >= 0.6 is 0 Å². The number of hydrogen-bond acceptors (Lipinski definition) is 5. The fourth-order valence-corrected chi connectivity index (χ4v) is 5.41. The summed E-state index contributed by atoms with van der Waals surface area (Å²) in [6.07, 6.45) is 5.04. The van der Waals surface area contributed by atoms with Crippen molar-refractivity contribution in [3.8, 4) is 0 Å². The molecule has 0 radical (unpaired) electrons. The second-order valence-electron chi connectivity index (χ2n) is 8.42. The summed E-state index contributed by atoms with van der Waals surface area (Å²) in [5.74, 6) is -0.180. The maximum absolute atomic E-state index is 13.2. The summed E-state index contributed by atoms with van der Waals surface area (Å²) in [7, 11) is 0.0843. The van der Waals surface area contributed by atoms with E-state index in [1.165, 1.54) is 15.5 Å². The number of benzene rings is 1. The van der Waals surface area contributed by atoms with Crippen molar-refractivity contribution in [1.82, 2.24) is 20.0 Å². The van der Waals surface area contributed by atoms with E-state index < -0.39 is 10.0 Å². The molecular weight excluding hydrogens is 418 g/mol. The van der Waals surface area contributed by atoms with Crippen molar-refractivity contribution in [2.75, 3.05) is 44.3 Å². The standard InChI is InChI=1S/C21H27N5O4S/c1-24(2)21(28)17-12-22-23-19(17)16-5-4-9-25(13-16)20(27)15-6-7-18-14(11-15)8-10-26(18)31(3,29)30/h6-7,11-12,16H,4-5,8-10,13H2,1-3H3,(H,22,23)/t16-/m0/s1. The second kappa shape index (κ2) is 7.99. The number of hydrogen-bond donors (Lipinski definition) is 1. The van der Waals surface area contributed by atoms with Gasteiger partial charge in [-0.25, -0.2) is 8.42 Å². The lowest BCUT2D eigenvalue weighted by Gasteiger charge is -2.33. The summed E-state index contributed by atoms with van der Waals surface area (Å²) >= 11 is 0. The maximum atomic E-state index is 13.2. The topological polar surface area (TPSA) is 107 Å². The van der Waals surface area contributed by atoms with Gasteiger partial charge in [-0.2, -0.15) is 5.10 Å². The van der Waals surface area contributed by atoms with Crippen molar-refractivity contribution >= 4 is 27.5 Å². The molecule has 1 aromatic carbocycles. The van der Waals surface area contributed by atoms with Gasteiger partial charge in [0.2, 0.25) is 10.0 Å². The first-order valence-corrected chi connectivity index (χ1v) is 12.2. The molecule has 2 aliphatic heterocycles. The van der Waals surface area contributed by atoms with Crippen LogP contribution in [0.5, 0.6) is 0 Å². The van der Waals surface area contributed by atoms with E-state index in [-0.39, 0.29) is 17.7 Å². The molecule has 0 spiro atoms. The summed E-state index contributed by atoms with van der Waals surface area (Å²) in [4.78, 5) is 29.0. The number of H-pyrrole nitrogens is 1. The number of amides is 2. The number of piperidine rings is 1. The van der Waals surface area contributed by atoms with Gasteiger partial charge in [0.15, 0.2) is 0 Å². The van der Waals surface area contributed by atoms with Crippen LogP contribution in [0.15, 0.2) is 24.4 Å². The van der Waals surface area contributed by atoms with E-state index in [0.29, 0.717) is 42.9 Å². The molecule has 9 nitrogen and oxygen atoms in total. The van der Waals surface area contributed by atoms with Crippen LogP contribution in [0.1, 0.15) is 50.7 Å². The molecule has 1 N–H and O–H groups in total. The zero-order valence-corrected chi connectivity index (χ0v) is 18.8. The molecule has 166 valence electrons. The Bertz CT molecular complexity index is 1120. The van der Waals surface area contributed by atoms with Gasteiger partial charge in [-0.15, -0.1) is 0 Å². The summed E-state index contributed by atoms with van der Waals surface area (Å²) in [6.45, 7) is 1.55. The van der Waals surface area contributed by atoms with Gasteiger partial charge in [-0.3, -0.25) is 19.0 Å². The maximum Gasteiger partial charge on any atom is 0.256 e. The van der Waals surface area contributed by atoms with Gasteiger partial charge in [0.1, 0.15) is 0 Å². The summed E-state index contributed by atoms with van der Waals surface area (Å²) in [5.41, 5.74) is 3.40. The number of likely N-dealkylation sites (tertiary alicyclic amines) is 1. The Morgan fingerprint density at radius 3 is 2.71 bits per heavy atom. The van der Waals surface area contributed by atoms with Crippen molar-refractivity contribution in [3.63, 3.8) is 0 Å². The SMILES string of the molecule is CN(C)C(=O)c1cn[nH]c1[C@H]1CCCN(C(=O)c2ccc3c(c2)CCN3S(C)(=O)=O)C1. The number of fused-ring (bicyclic) bond motifs is 1. The van der Waals surface area contributed by atoms with E-state index in [1.807, 2.05) is 11.0 Å². The fourth-order valence-electron chi connectivity index (χ4n) is 4.45. The number of rotatable bonds is 4. The Labute approximate surface area is 182 Å². The average molecular weight is 446 g/mol. The van der Waals surface area contributed by atoms with E-state index in [1.54, 1.807) is 32.4 Å². The van der Waals surface area contributed by atoms with E-state index >= 15 is 0 Å². The van der Waals surface area contributed by atoms with Crippen LogP contribution < -0.4 is 4.31 Å². The molecule has 3 heterocycles. The van der Waals surface area contributed by atoms with Gasteiger partial charge in [-0.1, -0.05) is 0 Å². The lowest BCUT2D eigenvalue weighted by molar-refractivity contribution is 0.0705. The Balaban J connectivity index is 1.53. The largest absolute Gasteiger partial charge is 0.345 e. The van der Waals surface area contributed by atoms with E-state index in [0.717, 1.165) is 24.1 Å². The molecule has 0 saturated carbocycles. The molecule has 1 aromatic heterocycles. The average Bonchev–Trinajstić information content (AvgIpc) is 3.39. The van der Waals surface area contributed by atoms with E-state index in [9.17, 15) is 18.0 Å². The van der Waals surface area contributed by atoms with Gasteiger partial charge < -0.3 is 9.80 Å². The van der Waals surface area contributed by atoms with Gasteiger partial charge >= 0.3 is 0 Å². The minimum absolute atomic E-state index is 0.00857. The lowest BCUT2D eigenvalue weighted by Crippen LogP contribution is -2.39. The zero-order chi connectivity index (χ0) is 22.3. The molecule has 10 heteroatoms. The molecule has 0 aliphatic carbocycles. The fraction of sp³-hybridized carbons (Fsp3) is 0.476. The summed E-state index contributed by atoms with van der Waals surface area (Å²) in [5, 5.41) is 7.03. The zero-order valence-electron chi connectivity index (χ0n) is 18.0. The molecule has 31 heavy (non-hydrogen) atoms. The number of carbonyl (C=O) groups is 2. The number of sulfonamides is 1. The molecule has 0 unspecified atom stereocenters. The first kappa shape index (κ1) is 21.4. The Hall–Kier alpha value is -2.88. The highest BCUT2D eigenvalue weighted by molar-refractivity contribution is 7.92. The molecule has 1 fully saturated rings. The van der Waals surface area contributed by atoms with Crippen LogP contribution in [-0.4, -0.2) is 80.2 Å². The molecule has 2 amide bonds. The van der Waals surface area contributed by atoms with Gasteiger partial charge in [0.05, 0.1) is 29.4 Å². The number of carbonyl (C=O) groups excluding carboxylic acids is 2. The monoisotopic (exact) mass is 445 g/mol. The number of aromatic amines is 1. The van der Waals surface area contributed by atoms with Crippen molar-refractivity contribution in [2.45, 2.75) is 25.2 Å². The van der Waals surface area contributed by atoms with Crippen LogP contribution in [0, 0.1) is 0 Å². The summed E-state index contributed by atoms with van der Waals surface area (Å²) < 4.78 is 25.3. The molecule has 4 rings (SSSR count). The number of anilines is 1. The summed E-state index contributed by atoms with van der Waals surface area (Å²) in [6, 6.07) is 5.23. The van der Waals surface area contributed by atoms with Crippen molar-refractivity contribution in [1.29, 1.82) is 0 Å². The van der Waals surface area contributed by atoms with E-state index in [4.69, 9.17) is 0 Å². The van der Waals surface area contributed by atoms with Crippen LogP contribution in [0.3, 0.4) is 0 Å². The third-order valence-electron chi connectivity index (χ3n) is 6.00. The van der Waals surface area contributed by atoms with Crippen molar-refractivity contribution in [2.24, 2.45) is 0 Å². The third kappa shape index (κ3) is 4.04. The minimum Gasteiger partial charge on any atom is -0.345 e. The normalized spacial score (nSPS) is 18.7. The van der Waals surface area contributed by atoms with Crippen LogP contribution in [0.4, 0.5) is 5.69 Å². The predicted octanol–water partition coefficient (Wildman–Crippen LogP) is 1.45. The first-order valence-electron chi connectivity index (χ1n) is 10.3. The highest BCUT2D eigenvalue weighted by Gasteiger charge is 2.31. The highest BCUT2D eigenvalue weighted by atomic mass is 32.2. The second-order valence-corrected chi connectivity index (χ2v) is 10.3. The van der Waals surface area contributed by atoms with Gasteiger partial charge in [0.25, 0.3) is 11.8 Å². The Kier molecular flexibility index (Phi) is 5.50. The van der Waals surface area contributed by atoms with Crippen molar-refractivity contribution in [3.05, 3.63) is 46.8 Å². The van der Waals surface area contributed by atoms with Crippen LogP contribution in [0.2, 0.25) is 0 Å².